The Balaban J connectivity index is 3.52. The highest BCUT2D eigenvalue weighted by atomic mass is 16.5. The molecule has 0 aromatic rings. The molecule has 0 heterocycles. The molecule has 0 aliphatic rings. The SMILES string of the molecule is COCCOCC(=O)N(C)CC(C)O. The number of aliphatic hydroxyl groups is 1. The van der Waals surface area contributed by atoms with Gasteiger partial charge in [0.25, 0.3) is 0 Å². The first-order valence-electron chi connectivity index (χ1n) is 4.56. The van der Waals surface area contributed by atoms with Crippen molar-refractivity contribution < 1.29 is 19.4 Å². The summed E-state index contributed by atoms with van der Waals surface area (Å²) in [6.45, 7) is 2.88. The molecule has 14 heavy (non-hydrogen) atoms. The van der Waals surface area contributed by atoms with Crippen molar-refractivity contribution in [2.75, 3.05) is 40.5 Å². The van der Waals surface area contributed by atoms with Gasteiger partial charge in [-0.1, -0.05) is 0 Å². The Labute approximate surface area is 84.6 Å². The molecule has 1 atom stereocenters. The quantitative estimate of drug-likeness (QED) is 0.569. The number of nitrogens with zero attached hydrogens (tertiary/aromatic N) is 1. The van der Waals surface area contributed by atoms with Gasteiger partial charge in [0, 0.05) is 20.7 Å². The molecule has 1 unspecified atom stereocenters. The summed E-state index contributed by atoms with van der Waals surface area (Å²) in [6.07, 6.45) is -0.511. The van der Waals surface area contributed by atoms with Gasteiger partial charge in [-0.05, 0) is 6.92 Å². The molecule has 5 heteroatoms. The maximum absolute atomic E-state index is 11.3. The lowest BCUT2D eigenvalue weighted by Gasteiger charge is -2.18. The maximum Gasteiger partial charge on any atom is 0.248 e. The summed E-state index contributed by atoms with van der Waals surface area (Å²) in [5.41, 5.74) is 0. The van der Waals surface area contributed by atoms with Crippen molar-refractivity contribution >= 4 is 5.91 Å². The minimum atomic E-state index is -0.511. The number of hydrogen-bond acceptors (Lipinski definition) is 4. The van der Waals surface area contributed by atoms with Gasteiger partial charge in [0.2, 0.25) is 5.91 Å². The molecule has 0 aliphatic carbocycles. The molecule has 0 radical (unpaired) electrons. The zero-order chi connectivity index (χ0) is 11.0. The van der Waals surface area contributed by atoms with E-state index in [-0.39, 0.29) is 12.5 Å². The van der Waals surface area contributed by atoms with Gasteiger partial charge in [0.15, 0.2) is 0 Å². The predicted octanol–water partition coefficient (Wildman–Crippen LogP) is -0.511. The van der Waals surface area contributed by atoms with E-state index in [0.717, 1.165) is 0 Å². The summed E-state index contributed by atoms with van der Waals surface area (Å²) in [5, 5.41) is 9.03. The summed E-state index contributed by atoms with van der Waals surface area (Å²) < 4.78 is 9.80. The second-order valence-corrected chi connectivity index (χ2v) is 3.17. The molecule has 0 aromatic carbocycles. The van der Waals surface area contributed by atoms with Crippen LogP contribution in [0.4, 0.5) is 0 Å². The molecule has 0 aliphatic heterocycles. The number of aliphatic hydroxyl groups excluding tert-OH is 1. The third kappa shape index (κ3) is 6.82. The minimum Gasteiger partial charge on any atom is -0.392 e. The van der Waals surface area contributed by atoms with E-state index in [4.69, 9.17) is 14.6 Å². The molecule has 0 aromatic heterocycles. The number of likely N-dealkylation sites (N-methyl/N-ethyl adjacent to an activating group) is 1. The van der Waals surface area contributed by atoms with Crippen LogP contribution in [0.15, 0.2) is 0 Å². The number of carbonyl (C=O) groups is 1. The highest BCUT2D eigenvalue weighted by Gasteiger charge is 2.10. The number of ether oxygens (including phenoxy) is 2. The lowest BCUT2D eigenvalue weighted by atomic mass is 10.4. The van der Waals surface area contributed by atoms with Crippen LogP contribution in [0.5, 0.6) is 0 Å². The van der Waals surface area contributed by atoms with Crippen LogP contribution >= 0.6 is 0 Å². The first-order valence-corrected chi connectivity index (χ1v) is 4.56. The van der Waals surface area contributed by atoms with E-state index < -0.39 is 6.10 Å². The summed E-state index contributed by atoms with van der Waals surface area (Å²) in [4.78, 5) is 12.7. The average Bonchev–Trinajstić information content (AvgIpc) is 2.11. The van der Waals surface area contributed by atoms with Crippen LogP contribution in [0.3, 0.4) is 0 Å². The van der Waals surface area contributed by atoms with Crippen molar-refractivity contribution in [2.24, 2.45) is 0 Å². The third-order valence-corrected chi connectivity index (χ3v) is 1.62. The fourth-order valence-electron chi connectivity index (χ4n) is 0.910. The van der Waals surface area contributed by atoms with E-state index in [2.05, 4.69) is 0 Å². The number of methoxy groups -OCH3 is 1. The van der Waals surface area contributed by atoms with Crippen molar-refractivity contribution in [2.45, 2.75) is 13.0 Å². The van der Waals surface area contributed by atoms with E-state index in [9.17, 15) is 4.79 Å². The average molecular weight is 205 g/mol. The van der Waals surface area contributed by atoms with Crippen LogP contribution in [-0.4, -0.2) is 62.5 Å². The molecule has 1 amide bonds. The molecule has 0 spiro atoms. The largest absolute Gasteiger partial charge is 0.392 e. The van der Waals surface area contributed by atoms with Crippen LogP contribution in [0.1, 0.15) is 6.92 Å². The highest BCUT2D eigenvalue weighted by Crippen LogP contribution is 1.90. The summed E-state index contributed by atoms with van der Waals surface area (Å²) in [7, 11) is 3.21. The van der Waals surface area contributed by atoms with E-state index in [0.29, 0.717) is 19.8 Å². The number of rotatable bonds is 7. The second-order valence-electron chi connectivity index (χ2n) is 3.17. The Hall–Kier alpha value is -0.650. The fourth-order valence-corrected chi connectivity index (χ4v) is 0.910. The van der Waals surface area contributed by atoms with Crippen LogP contribution in [0, 0.1) is 0 Å². The van der Waals surface area contributed by atoms with E-state index in [1.165, 1.54) is 4.90 Å². The van der Waals surface area contributed by atoms with Gasteiger partial charge in [0.05, 0.1) is 19.3 Å². The smallest absolute Gasteiger partial charge is 0.248 e. The van der Waals surface area contributed by atoms with E-state index >= 15 is 0 Å². The van der Waals surface area contributed by atoms with Crippen molar-refractivity contribution in [3.8, 4) is 0 Å². The Bertz CT molecular complexity index is 161. The van der Waals surface area contributed by atoms with Gasteiger partial charge in [-0.15, -0.1) is 0 Å². The van der Waals surface area contributed by atoms with Crippen molar-refractivity contribution in [3.05, 3.63) is 0 Å². The van der Waals surface area contributed by atoms with Gasteiger partial charge in [0.1, 0.15) is 6.61 Å². The summed E-state index contributed by atoms with van der Waals surface area (Å²) in [6, 6.07) is 0. The molecule has 84 valence electrons. The summed E-state index contributed by atoms with van der Waals surface area (Å²) in [5.74, 6) is -0.137. The topological polar surface area (TPSA) is 59.0 Å². The van der Waals surface area contributed by atoms with E-state index in [1.54, 1.807) is 21.1 Å². The molecule has 0 fully saturated rings. The number of amides is 1. The van der Waals surface area contributed by atoms with Gasteiger partial charge < -0.3 is 19.5 Å². The van der Waals surface area contributed by atoms with Gasteiger partial charge in [-0.2, -0.15) is 0 Å². The van der Waals surface area contributed by atoms with Crippen molar-refractivity contribution in [1.82, 2.24) is 4.90 Å². The number of hydrogen-bond donors (Lipinski definition) is 1. The van der Waals surface area contributed by atoms with Gasteiger partial charge in [-0.3, -0.25) is 4.79 Å². The molecule has 5 nitrogen and oxygen atoms in total. The van der Waals surface area contributed by atoms with E-state index in [1.807, 2.05) is 0 Å². The molecule has 0 saturated carbocycles. The number of carbonyl (C=O) groups excluding carboxylic acids is 1. The Morgan fingerprint density at radius 1 is 1.50 bits per heavy atom. The molecule has 0 saturated heterocycles. The van der Waals surface area contributed by atoms with Crippen LogP contribution in [0.2, 0.25) is 0 Å². The Morgan fingerprint density at radius 2 is 2.14 bits per heavy atom. The first kappa shape index (κ1) is 13.4. The van der Waals surface area contributed by atoms with Crippen LogP contribution in [0.25, 0.3) is 0 Å². The predicted molar refractivity (Wildman–Crippen MR) is 52.0 cm³/mol. The third-order valence-electron chi connectivity index (χ3n) is 1.62. The normalized spacial score (nSPS) is 12.6. The highest BCUT2D eigenvalue weighted by molar-refractivity contribution is 5.77. The molecular weight excluding hydrogens is 186 g/mol. The zero-order valence-electron chi connectivity index (χ0n) is 9.02. The molecule has 0 rings (SSSR count). The molecule has 1 N–H and O–H groups in total. The van der Waals surface area contributed by atoms with Crippen LogP contribution < -0.4 is 0 Å². The van der Waals surface area contributed by atoms with Gasteiger partial charge in [-0.25, -0.2) is 0 Å². The molecular formula is C9H19NO4. The Kier molecular flexibility index (Phi) is 7.37. The van der Waals surface area contributed by atoms with Crippen molar-refractivity contribution in [3.63, 3.8) is 0 Å². The Morgan fingerprint density at radius 3 is 2.64 bits per heavy atom. The van der Waals surface area contributed by atoms with Crippen molar-refractivity contribution in [1.29, 1.82) is 0 Å². The fraction of sp³-hybridized carbons (Fsp3) is 0.889. The van der Waals surface area contributed by atoms with Gasteiger partial charge >= 0.3 is 0 Å². The lowest BCUT2D eigenvalue weighted by Crippen LogP contribution is -2.35. The second kappa shape index (κ2) is 7.73. The lowest BCUT2D eigenvalue weighted by molar-refractivity contribution is -0.136. The molecule has 0 bridgehead atoms. The van der Waals surface area contributed by atoms with Crippen LogP contribution in [-0.2, 0) is 14.3 Å². The maximum atomic E-state index is 11.3. The monoisotopic (exact) mass is 205 g/mol. The standard InChI is InChI=1S/C9H19NO4/c1-8(11)6-10(2)9(12)7-14-5-4-13-3/h8,11H,4-7H2,1-3H3. The minimum absolute atomic E-state index is 0.0343. The zero-order valence-corrected chi connectivity index (χ0v) is 9.02. The first-order chi connectivity index (χ1) is 6.57. The summed E-state index contributed by atoms with van der Waals surface area (Å²) >= 11 is 0.